The predicted octanol–water partition coefficient (Wildman–Crippen LogP) is 1.66. The minimum atomic E-state index is -0.209. The van der Waals surface area contributed by atoms with Gasteiger partial charge < -0.3 is 15.8 Å². The van der Waals surface area contributed by atoms with Gasteiger partial charge >= 0.3 is 0 Å². The number of ether oxygens (including phenoxy) is 1. The molecule has 0 aromatic heterocycles. The lowest BCUT2D eigenvalue weighted by Gasteiger charge is -2.22. The van der Waals surface area contributed by atoms with E-state index >= 15 is 0 Å². The molecule has 0 heterocycles. The second kappa shape index (κ2) is 7.92. The summed E-state index contributed by atoms with van der Waals surface area (Å²) in [6.45, 7) is 4.48. The van der Waals surface area contributed by atoms with Crippen molar-refractivity contribution in [2.24, 2.45) is 5.73 Å². The molecule has 1 aromatic carbocycles. The molecule has 3 unspecified atom stereocenters. The van der Waals surface area contributed by atoms with Gasteiger partial charge in [0, 0.05) is 25.6 Å². The first-order valence-electron chi connectivity index (χ1n) is 6.65. The molecule has 0 saturated carbocycles. The van der Waals surface area contributed by atoms with Crippen LogP contribution in [0.5, 0.6) is 0 Å². The number of hydrogen-bond acceptors (Lipinski definition) is 3. The molecule has 4 nitrogen and oxygen atoms in total. The van der Waals surface area contributed by atoms with Gasteiger partial charge in [-0.3, -0.25) is 4.79 Å². The lowest BCUT2D eigenvalue weighted by atomic mass is 9.94. The van der Waals surface area contributed by atoms with Crippen LogP contribution in [0.3, 0.4) is 0 Å². The molecule has 4 heteroatoms. The topological polar surface area (TPSA) is 64.3 Å². The zero-order valence-electron chi connectivity index (χ0n) is 11.9. The summed E-state index contributed by atoms with van der Waals surface area (Å²) in [5, 5.41) is 3.00. The average molecular weight is 264 g/mol. The smallest absolute Gasteiger partial charge is 0.222 e. The zero-order valence-corrected chi connectivity index (χ0v) is 11.9. The first-order chi connectivity index (χ1) is 9.08. The van der Waals surface area contributed by atoms with E-state index in [-0.39, 0.29) is 24.0 Å². The molecule has 0 aliphatic heterocycles. The highest BCUT2D eigenvalue weighted by Crippen LogP contribution is 2.18. The Morgan fingerprint density at radius 3 is 2.47 bits per heavy atom. The molecule has 3 N–H and O–H groups in total. The Balaban J connectivity index is 2.50. The van der Waals surface area contributed by atoms with Crippen LogP contribution in [0.2, 0.25) is 0 Å². The van der Waals surface area contributed by atoms with Crippen molar-refractivity contribution in [2.75, 3.05) is 13.7 Å². The van der Waals surface area contributed by atoms with E-state index in [4.69, 9.17) is 10.5 Å². The number of nitrogens with one attached hydrogen (secondary N) is 1. The van der Waals surface area contributed by atoms with Crippen molar-refractivity contribution in [3.8, 4) is 0 Å². The van der Waals surface area contributed by atoms with Gasteiger partial charge in [0.25, 0.3) is 0 Å². The minimum Gasteiger partial charge on any atom is -0.380 e. The fourth-order valence-corrected chi connectivity index (χ4v) is 1.95. The van der Waals surface area contributed by atoms with Gasteiger partial charge in [-0.25, -0.2) is 0 Å². The fraction of sp³-hybridized carbons (Fsp3) is 0.533. The number of nitrogens with two attached hydrogens (primary N) is 1. The number of hydrogen-bond donors (Lipinski definition) is 2. The van der Waals surface area contributed by atoms with Crippen LogP contribution in [0.25, 0.3) is 0 Å². The highest BCUT2D eigenvalue weighted by molar-refractivity contribution is 5.76. The van der Waals surface area contributed by atoms with Crippen LogP contribution in [0.15, 0.2) is 30.3 Å². The first-order valence-corrected chi connectivity index (χ1v) is 6.65. The quantitative estimate of drug-likeness (QED) is 0.787. The van der Waals surface area contributed by atoms with E-state index < -0.39 is 0 Å². The molecule has 0 saturated heterocycles. The molecular weight excluding hydrogens is 240 g/mol. The highest BCUT2D eigenvalue weighted by Gasteiger charge is 2.18. The van der Waals surface area contributed by atoms with Crippen LogP contribution in [0.4, 0.5) is 0 Å². The summed E-state index contributed by atoms with van der Waals surface area (Å²) in [4.78, 5) is 11.9. The molecule has 19 heavy (non-hydrogen) atoms. The summed E-state index contributed by atoms with van der Waals surface area (Å²) in [7, 11) is 1.57. The molecule has 0 fully saturated rings. The van der Waals surface area contributed by atoms with E-state index in [0.717, 1.165) is 0 Å². The maximum Gasteiger partial charge on any atom is 0.222 e. The number of amides is 1. The van der Waals surface area contributed by atoms with Gasteiger partial charge in [0.15, 0.2) is 0 Å². The summed E-state index contributed by atoms with van der Waals surface area (Å²) in [5.74, 6) is 0.247. The molecule has 0 spiro atoms. The lowest BCUT2D eigenvalue weighted by molar-refractivity contribution is -0.124. The average Bonchev–Trinajstić information content (AvgIpc) is 2.44. The van der Waals surface area contributed by atoms with E-state index in [1.807, 2.05) is 25.1 Å². The first kappa shape index (κ1) is 15.7. The number of carbonyl (C=O) groups excluding carboxylic acids is 1. The lowest BCUT2D eigenvalue weighted by Crippen LogP contribution is -2.39. The molecule has 106 valence electrons. The largest absolute Gasteiger partial charge is 0.380 e. The Hall–Kier alpha value is -1.39. The Morgan fingerprint density at radius 1 is 1.32 bits per heavy atom. The summed E-state index contributed by atoms with van der Waals surface area (Å²) >= 11 is 0. The van der Waals surface area contributed by atoms with Gasteiger partial charge in [-0.2, -0.15) is 0 Å². The van der Waals surface area contributed by atoms with Crippen molar-refractivity contribution in [2.45, 2.75) is 38.3 Å². The maximum absolute atomic E-state index is 11.9. The van der Waals surface area contributed by atoms with Crippen LogP contribution in [-0.2, 0) is 9.53 Å². The van der Waals surface area contributed by atoms with Gasteiger partial charge in [-0.05, 0) is 12.5 Å². The van der Waals surface area contributed by atoms with Gasteiger partial charge in [0.2, 0.25) is 5.91 Å². The van der Waals surface area contributed by atoms with Crippen LogP contribution >= 0.6 is 0 Å². The van der Waals surface area contributed by atoms with E-state index in [2.05, 4.69) is 24.4 Å². The van der Waals surface area contributed by atoms with Crippen molar-refractivity contribution < 1.29 is 9.53 Å². The van der Waals surface area contributed by atoms with Crippen molar-refractivity contribution in [3.05, 3.63) is 35.9 Å². The Bertz CT molecular complexity index is 377. The molecular formula is C15H24N2O2. The summed E-state index contributed by atoms with van der Waals surface area (Å²) in [6.07, 6.45) is 0.0954. The molecule has 1 rings (SSSR count). The Labute approximate surface area is 115 Å². The summed E-state index contributed by atoms with van der Waals surface area (Å²) in [6, 6.07) is 10.2. The van der Waals surface area contributed by atoms with Gasteiger partial charge in [0.1, 0.15) is 0 Å². The molecule has 0 radical (unpaired) electrons. The number of methoxy groups -OCH3 is 1. The van der Waals surface area contributed by atoms with Gasteiger partial charge in [-0.1, -0.05) is 37.3 Å². The number of carbonyl (C=O) groups is 1. The van der Waals surface area contributed by atoms with Crippen LogP contribution in [0.1, 0.15) is 31.7 Å². The van der Waals surface area contributed by atoms with Crippen LogP contribution in [-0.4, -0.2) is 31.7 Å². The fourth-order valence-electron chi connectivity index (χ4n) is 1.95. The van der Waals surface area contributed by atoms with Crippen LogP contribution < -0.4 is 11.1 Å². The Morgan fingerprint density at radius 2 is 1.95 bits per heavy atom. The zero-order chi connectivity index (χ0) is 14.3. The Kier molecular flexibility index (Phi) is 6.53. The minimum absolute atomic E-state index is 0.0208. The van der Waals surface area contributed by atoms with Crippen molar-refractivity contribution in [1.82, 2.24) is 5.32 Å². The molecule has 1 aromatic rings. The third-order valence-electron chi connectivity index (χ3n) is 3.47. The SMILES string of the molecule is COC(CN)CC(=O)NC(C)C(C)c1ccccc1. The van der Waals surface area contributed by atoms with Crippen molar-refractivity contribution >= 4 is 5.91 Å². The van der Waals surface area contributed by atoms with Crippen LogP contribution in [0, 0.1) is 0 Å². The third kappa shape index (κ3) is 5.01. The number of benzene rings is 1. The predicted molar refractivity (Wildman–Crippen MR) is 76.9 cm³/mol. The molecule has 0 bridgehead atoms. The standard InChI is InChI=1S/C15H24N2O2/c1-11(13-7-5-4-6-8-13)12(2)17-15(18)9-14(10-16)19-3/h4-8,11-12,14H,9-10,16H2,1-3H3,(H,17,18). The van der Waals surface area contributed by atoms with Gasteiger partial charge in [-0.15, -0.1) is 0 Å². The third-order valence-corrected chi connectivity index (χ3v) is 3.47. The normalized spacial score (nSPS) is 15.6. The second-order valence-electron chi connectivity index (χ2n) is 4.85. The maximum atomic E-state index is 11.9. The molecule has 1 amide bonds. The summed E-state index contributed by atoms with van der Waals surface area (Å²) < 4.78 is 5.11. The monoisotopic (exact) mass is 264 g/mol. The number of rotatable bonds is 7. The van der Waals surface area contributed by atoms with E-state index in [1.54, 1.807) is 7.11 Å². The van der Waals surface area contributed by atoms with Crippen molar-refractivity contribution in [3.63, 3.8) is 0 Å². The summed E-state index contributed by atoms with van der Waals surface area (Å²) in [5.41, 5.74) is 6.73. The molecule has 3 atom stereocenters. The van der Waals surface area contributed by atoms with E-state index in [9.17, 15) is 4.79 Å². The van der Waals surface area contributed by atoms with Gasteiger partial charge in [0.05, 0.1) is 12.5 Å². The molecule has 0 aliphatic carbocycles. The van der Waals surface area contributed by atoms with E-state index in [0.29, 0.717) is 13.0 Å². The second-order valence-corrected chi connectivity index (χ2v) is 4.85. The molecule has 0 aliphatic rings. The van der Waals surface area contributed by atoms with Crippen molar-refractivity contribution in [1.29, 1.82) is 0 Å². The van der Waals surface area contributed by atoms with E-state index in [1.165, 1.54) is 5.56 Å². The highest BCUT2D eigenvalue weighted by atomic mass is 16.5.